The topological polar surface area (TPSA) is 129 Å². The van der Waals surface area contributed by atoms with Crippen molar-refractivity contribution in [1.82, 2.24) is 10.6 Å². The van der Waals surface area contributed by atoms with Crippen LogP contribution in [-0.2, 0) is 23.8 Å². The molecule has 0 radical (unpaired) electrons. The van der Waals surface area contributed by atoms with Crippen LogP contribution in [0.15, 0.2) is 24.3 Å². The summed E-state index contributed by atoms with van der Waals surface area (Å²) in [6.07, 6.45) is -0.751. The number of fused-ring (bicyclic) bond motifs is 1. The van der Waals surface area contributed by atoms with Gasteiger partial charge in [-0.1, -0.05) is 0 Å². The first-order chi connectivity index (χ1) is 16.5. The summed E-state index contributed by atoms with van der Waals surface area (Å²) >= 11 is 0. The Morgan fingerprint density at radius 2 is 1.66 bits per heavy atom. The Bertz CT molecular complexity index is 971. The first-order valence-corrected chi connectivity index (χ1v) is 11.8. The normalized spacial score (nSPS) is 26.7. The van der Waals surface area contributed by atoms with E-state index in [1.54, 1.807) is 58.9 Å². The maximum Gasteiger partial charge on any atom is 0.408 e. The Labute approximate surface area is 205 Å². The molecular formula is C25H34N2O8. The van der Waals surface area contributed by atoms with E-state index in [-0.39, 0.29) is 25.5 Å². The standard InChI is InChI=1S/C25H34N2O8/c1-7-33-21(29)18-17-16(26-20(28)14-9-11-15(32-6)12-10-14)13-25(19(17)18,22(30)34-8-2)27-23(31)35-24(3,4)5/h9-12,16-19H,7-8,13H2,1-6H3,(H,26,28)(H,27,31)/t16?,17?,18-,19?,25?/m0/s1. The number of amides is 2. The van der Waals surface area contributed by atoms with E-state index in [4.69, 9.17) is 18.9 Å². The molecule has 2 aliphatic carbocycles. The Morgan fingerprint density at radius 1 is 1.03 bits per heavy atom. The molecule has 1 aromatic rings. The van der Waals surface area contributed by atoms with Gasteiger partial charge in [-0.3, -0.25) is 9.59 Å². The van der Waals surface area contributed by atoms with Crippen molar-refractivity contribution in [3.8, 4) is 5.75 Å². The van der Waals surface area contributed by atoms with Gasteiger partial charge in [0.15, 0.2) is 0 Å². The average molecular weight is 491 g/mol. The van der Waals surface area contributed by atoms with Crippen LogP contribution in [0.5, 0.6) is 5.75 Å². The van der Waals surface area contributed by atoms with Gasteiger partial charge in [0.1, 0.15) is 16.9 Å². The van der Waals surface area contributed by atoms with E-state index in [2.05, 4.69) is 10.6 Å². The number of nitrogens with one attached hydrogen (secondary N) is 2. The smallest absolute Gasteiger partial charge is 0.408 e. The Kier molecular flexibility index (Phi) is 7.62. The summed E-state index contributed by atoms with van der Waals surface area (Å²) in [4.78, 5) is 51.7. The second-order valence-corrected chi connectivity index (χ2v) is 9.71. The third-order valence-electron chi connectivity index (χ3n) is 6.24. The Balaban J connectivity index is 1.90. The summed E-state index contributed by atoms with van der Waals surface area (Å²) < 4.78 is 21.1. The molecule has 0 aromatic heterocycles. The van der Waals surface area contributed by atoms with E-state index < -0.39 is 53.0 Å². The second kappa shape index (κ2) is 10.1. The third kappa shape index (κ3) is 5.52. The van der Waals surface area contributed by atoms with E-state index >= 15 is 0 Å². The number of alkyl carbamates (subject to hydrolysis) is 1. The van der Waals surface area contributed by atoms with Gasteiger partial charge >= 0.3 is 18.0 Å². The maximum atomic E-state index is 13.2. The van der Waals surface area contributed by atoms with Crippen molar-refractivity contribution in [3.63, 3.8) is 0 Å². The van der Waals surface area contributed by atoms with Crippen LogP contribution in [-0.4, -0.2) is 61.4 Å². The fourth-order valence-corrected chi connectivity index (χ4v) is 4.92. The Hall–Kier alpha value is -3.30. The van der Waals surface area contributed by atoms with Crippen molar-refractivity contribution in [1.29, 1.82) is 0 Å². The highest BCUT2D eigenvalue weighted by molar-refractivity contribution is 5.96. The summed E-state index contributed by atoms with van der Waals surface area (Å²) in [5, 5.41) is 5.64. The minimum Gasteiger partial charge on any atom is -0.497 e. The predicted octanol–water partition coefficient (Wildman–Crippen LogP) is 2.45. The fourth-order valence-electron chi connectivity index (χ4n) is 4.92. The van der Waals surface area contributed by atoms with Gasteiger partial charge in [0.25, 0.3) is 5.91 Å². The van der Waals surface area contributed by atoms with Crippen LogP contribution in [0.2, 0.25) is 0 Å². The van der Waals surface area contributed by atoms with Crippen LogP contribution in [0, 0.1) is 17.8 Å². The molecule has 10 nitrogen and oxygen atoms in total. The molecule has 0 spiro atoms. The summed E-state index contributed by atoms with van der Waals surface area (Å²) in [6.45, 7) is 8.72. The van der Waals surface area contributed by atoms with Gasteiger partial charge < -0.3 is 29.6 Å². The monoisotopic (exact) mass is 490 g/mol. The number of rotatable bonds is 8. The van der Waals surface area contributed by atoms with Gasteiger partial charge in [-0.15, -0.1) is 0 Å². The van der Waals surface area contributed by atoms with E-state index in [1.807, 2.05) is 0 Å². The molecule has 1 aromatic carbocycles. The predicted molar refractivity (Wildman–Crippen MR) is 125 cm³/mol. The van der Waals surface area contributed by atoms with E-state index in [1.165, 1.54) is 7.11 Å². The van der Waals surface area contributed by atoms with Gasteiger partial charge in [0.05, 0.1) is 26.2 Å². The van der Waals surface area contributed by atoms with Gasteiger partial charge in [0, 0.05) is 23.9 Å². The van der Waals surface area contributed by atoms with Crippen molar-refractivity contribution >= 4 is 23.9 Å². The molecule has 2 aliphatic rings. The lowest BCUT2D eigenvalue weighted by molar-refractivity contribution is -0.153. The summed E-state index contributed by atoms with van der Waals surface area (Å²) in [5.41, 5.74) is -1.95. The van der Waals surface area contributed by atoms with Crippen LogP contribution >= 0.6 is 0 Å². The average Bonchev–Trinajstić information content (AvgIpc) is 3.46. The molecule has 2 fully saturated rings. The molecular weight excluding hydrogens is 456 g/mol. The summed E-state index contributed by atoms with van der Waals surface area (Å²) in [7, 11) is 1.53. The fraction of sp³-hybridized carbons (Fsp3) is 0.600. The lowest BCUT2D eigenvalue weighted by atomic mass is 9.88. The minimum atomic E-state index is -1.54. The van der Waals surface area contributed by atoms with Crippen LogP contribution in [0.25, 0.3) is 0 Å². The number of ether oxygens (including phenoxy) is 4. The highest BCUT2D eigenvalue weighted by Gasteiger charge is 2.76. The highest BCUT2D eigenvalue weighted by atomic mass is 16.6. The molecule has 4 unspecified atom stereocenters. The number of carbonyl (C=O) groups is 4. The molecule has 2 amide bonds. The van der Waals surface area contributed by atoms with Gasteiger partial charge in [-0.25, -0.2) is 9.59 Å². The zero-order chi connectivity index (χ0) is 26.0. The molecule has 0 aliphatic heterocycles. The molecule has 35 heavy (non-hydrogen) atoms. The number of carbonyl (C=O) groups excluding carboxylic acids is 4. The van der Waals surface area contributed by atoms with Crippen molar-refractivity contribution in [2.45, 2.75) is 58.2 Å². The quantitative estimate of drug-likeness (QED) is 0.420. The van der Waals surface area contributed by atoms with Crippen molar-refractivity contribution in [2.24, 2.45) is 17.8 Å². The van der Waals surface area contributed by atoms with E-state index in [9.17, 15) is 19.2 Å². The van der Waals surface area contributed by atoms with Gasteiger partial charge in [0.2, 0.25) is 0 Å². The van der Waals surface area contributed by atoms with Crippen LogP contribution in [0.4, 0.5) is 4.79 Å². The second-order valence-electron chi connectivity index (χ2n) is 9.71. The van der Waals surface area contributed by atoms with Crippen LogP contribution in [0.3, 0.4) is 0 Å². The number of methoxy groups -OCH3 is 1. The zero-order valence-electron chi connectivity index (χ0n) is 21.0. The van der Waals surface area contributed by atoms with Crippen LogP contribution < -0.4 is 15.4 Å². The van der Waals surface area contributed by atoms with Gasteiger partial charge in [-0.05, 0) is 64.8 Å². The Morgan fingerprint density at radius 3 is 2.20 bits per heavy atom. The van der Waals surface area contributed by atoms with Gasteiger partial charge in [-0.2, -0.15) is 0 Å². The van der Waals surface area contributed by atoms with E-state index in [0.717, 1.165) is 0 Å². The highest BCUT2D eigenvalue weighted by Crippen LogP contribution is 2.63. The number of hydrogen-bond donors (Lipinski definition) is 2. The molecule has 3 rings (SSSR count). The molecule has 0 bridgehead atoms. The molecule has 2 N–H and O–H groups in total. The molecule has 0 heterocycles. The first-order valence-electron chi connectivity index (χ1n) is 11.8. The first kappa shape index (κ1) is 26.3. The SMILES string of the molecule is CCOC(=O)[C@H]1C2C(NC(=O)c3ccc(OC)cc3)CC(NC(=O)OC(C)(C)C)(C(=O)OCC)C21. The lowest BCUT2D eigenvalue weighted by Gasteiger charge is -2.33. The molecule has 0 saturated heterocycles. The number of benzene rings is 1. The summed E-state index contributed by atoms with van der Waals surface area (Å²) in [6, 6.07) is 5.99. The molecule has 5 atom stereocenters. The van der Waals surface area contributed by atoms with E-state index in [0.29, 0.717) is 11.3 Å². The van der Waals surface area contributed by atoms with Crippen molar-refractivity contribution in [3.05, 3.63) is 29.8 Å². The molecule has 2 saturated carbocycles. The number of esters is 2. The molecule has 192 valence electrons. The largest absolute Gasteiger partial charge is 0.497 e. The lowest BCUT2D eigenvalue weighted by Crippen LogP contribution is -2.59. The van der Waals surface area contributed by atoms with Crippen LogP contribution in [0.1, 0.15) is 51.4 Å². The zero-order valence-corrected chi connectivity index (χ0v) is 21.0. The summed E-state index contributed by atoms with van der Waals surface area (Å²) in [5.74, 6) is -2.61. The van der Waals surface area contributed by atoms with Crippen molar-refractivity contribution < 1.29 is 38.1 Å². The van der Waals surface area contributed by atoms with Crippen molar-refractivity contribution in [2.75, 3.05) is 20.3 Å². The third-order valence-corrected chi connectivity index (χ3v) is 6.24. The maximum absolute atomic E-state index is 13.2. The molecule has 10 heteroatoms. The number of hydrogen-bond acceptors (Lipinski definition) is 8. The minimum absolute atomic E-state index is 0.0538.